The number of amides is 1. The molecule has 1 amide bonds. The van der Waals surface area contributed by atoms with Crippen LogP contribution >= 0.6 is 0 Å². The van der Waals surface area contributed by atoms with Crippen molar-refractivity contribution in [3.05, 3.63) is 0 Å². The molecule has 0 bridgehead atoms. The quantitative estimate of drug-likeness (QED) is 0.276. The van der Waals surface area contributed by atoms with Gasteiger partial charge >= 0.3 is 6.09 Å². The third kappa shape index (κ3) is 2.06. The summed E-state index contributed by atoms with van der Waals surface area (Å²) >= 11 is 0. The van der Waals surface area contributed by atoms with Crippen molar-refractivity contribution in [2.75, 3.05) is 13.1 Å². The molecule has 0 aromatic heterocycles. The molecule has 0 spiro atoms. The van der Waals surface area contributed by atoms with Crippen LogP contribution in [0.1, 0.15) is 12.8 Å². The first-order chi connectivity index (χ1) is 5.22. The average molecular weight is 159 g/mol. The number of carbonyl (C=O) groups is 1. The highest BCUT2D eigenvalue weighted by Gasteiger charge is 2.21. The maximum atomic E-state index is 10.4. The van der Waals surface area contributed by atoms with Crippen LogP contribution in [-0.4, -0.2) is 35.3 Å². The average Bonchev–Trinajstić information content (AvgIpc) is 2.05. The molecule has 1 heterocycles. The molecule has 1 saturated heterocycles. The SMILES string of the molecule is NN(C(=O)O)C1CCNCC1. The molecule has 1 fully saturated rings. The van der Waals surface area contributed by atoms with Crippen LogP contribution in [0.4, 0.5) is 4.79 Å². The zero-order chi connectivity index (χ0) is 8.27. The fourth-order valence-electron chi connectivity index (χ4n) is 1.24. The summed E-state index contributed by atoms with van der Waals surface area (Å²) in [6, 6.07) is -0.00579. The summed E-state index contributed by atoms with van der Waals surface area (Å²) in [6.45, 7) is 1.71. The maximum Gasteiger partial charge on any atom is 0.421 e. The first-order valence-corrected chi connectivity index (χ1v) is 3.69. The first kappa shape index (κ1) is 8.29. The van der Waals surface area contributed by atoms with Crippen LogP contribution in [0.3, 0.4) is 0 Å². The summed E-state index contributed by atoms with van der Waals surface area (Å²) < 4.78 is 0. The number of nitrogens with two attached hydrogens (primary N) is 1. The Morgan fingerprint density at radius 1 is 1.55 bits per heavy atom. The zero-order valence-electron chi connectivity index (χ0n) is 6.29. The van der Waals surface area contributed by atoms with Gasteiger partial charge in [-0.2, -0.15) is 0 Å². The van der Waals surface area contributed by atoms with Crippen molar-refractivity contribution in [2.24, 2.45) is 5.84 Å². The Balaban J connectivity index is 2.38. The lowest BCUT2D eigenvalue weighted by atomic mass is 10.1. The van der Waals surface area contributed by atoms with Gasteiger partial charge in [0, 0.05) is 0 Å². The second-order valence-electron chi connectivity index (χ2n) is 2.67. The van der Waals surface area contributed by atoms with Crippen LogP contribution in [0.2, 0.25) is 0 Å². The van der Waals surface area contributed by atoms with Gasteiger partial charge in [-0.15, -0.1) is 0 Å². The van der Waals surface area contributed by atoms with Gasteiger partial charge in [0.2, 0.25) is 0 Å². The molecule has 4 N–H and O–H groups in total. The minimum absolute atomic E-state index is 0.00579. The number of rotatable bonds is 1. The number of nitrogens with one attached hydrogen (secondary N) is 1. The van der Waals surface area contributed by atoms with E-state index in [1.165, 1.54) is 0 Å². The third-order valence-electron chi connectivity index (χ3n) is 1.92. The summed E-state index contributed by atoms with van der Waals surface area (Å²) in [6.07, 6.45) is 0.572. The number of piperidine rings is 1. The molecule has 0 aromatic carbocycles. The van der Waals surface area contributed by atoms with Crippen LogP contribution in [0.25, 0.3) is 0 Å². The Morgan fingerprint density at radius 3 is 2.55 bits per heavy atom. The lowest BCUT2D eigenvalue weighted by Crippen LogP contribution is -2.49. The number of hydrogen-bond acceptors (Lipinski definition) is 3. The van der Waals surface area contributed by atoms with Crippen LogP contribution in [0, 0.1) is 0 Å². The highest BCUT2D eigenvalue weighted by atomic mass is 16.4. The Morgan fingerprint density at radius 2 is 2.09 bits per heavy atom. The van der Waals surface area contributed by atoms with Crippen molar-refractivity contribution >= 4 is 6.09 Å². The third-order valence-corrected chi connectivity index (χ3v) is 1.92. The molecule has 1 aliphatic heterocycles. The smallest absolute Gasteiger partial charge is 0.421 e. The van der Waals surface area contributed by atoms with Gasteiger partial charge in [0.15, 0.2) is 0 Å². The summed E-state index contributed by atoms with van der Waals surface area (Å²) in [7, 11) is 0. The highest BCUT2D eigenvalue weighted by Crippen LogP contribution is 2.07. The fraction of sp³-hybridized carbons (Fsp3) is 0.833. The summed E-state index contributed by atoms with van der Waals surface area (Å²) in [4.78, 5) is 10.4. The van der Waals surface area contributed by atoms with Crippen molar-refractivity contribution in [3.8, 4) is 0 Å². The molecule has 5 nitrogen and oxygen atoms in total. The van der Waals surface area contributed by atoms with Crippen LogP contribution in [0.5, 0.6) is 0 Å². The maximum absolute atomic E-state index is 10.4. The van der Waals surface area contributed by atoms with Gasteiger partial charge in [-0.3, -0.25) is 0 Å². The molecule has 0 aliphatic carbocycles. The van der Waals surface area contributed by atoms with Gasteiger partial charge in [-0.05, 0) is 25.9 Å². The van der Waals surface area contributed by atoms with Crippen molar-refractivity contribution in [3.63, 3.8) is 0 Å². The van der Waals surface area contributed by atoms with Crippen LogP contribution < -0.4 is 11.2 Å². The zero-order valence-corrected chi connectivity index (χ0v) is 6.29. The number of hydrazine groups is 1. The molecule has 11 heavy (non-hydrogen) atoms. The van der Waals surface area contributed by atoms with E-state index < -0.39 is 6.09 Å². The van der Waals surface area contributed by atoms with Gasteiger partial charge in [-0.1, -0.05) is 0 Å². The van der Waals surface area contributed by atoms with Crippen LogP contribution in [0.15, 0.2) is 0 Å². The van der Waals surface area contributed by atoms with E-state index in [9.17, 15) is 4.79 Å². The fourth-order valence-corrected chi connectivity index (χ4v) is 1.24. The molecular formula is C6H13N3O2. The van der Waals surface area contributed by atoms with Gasteiger partial charge < -0.3 is 10.4 Å². The number of nitrogens with zero attached hydrogens (tertiary/aromatic N) is 1. The molecule has 64 valence electrons. The first-order valence-electron chi connectivity index (χ1n) is 3.69. The van der Waals surface area contributed by atoms with Gasteiger partial charge in [-0.25, -0.2) is 15.6 Å². The van der Waals surface area contributed by atoms with E-state index in [2.05, 4.69) is 5.32 Å². The second kappa shape index (κ2) is 3.54. The standard InChI is InChI=1S/C6H13N3O2/c7-9(6(10)11)5-1-3-8-4-2-5/h5,8H,1-4,7H2,(H,10,11). The lowest BCUT2D eigenvalue weighted by Gasteiger charge is -2.28. The van der Waals surface area contributed by atoms with Gasteiger partial charge in [0.05, 0.1) is 6.04 Å². The van der Waals surface area contributed by atoms with E-state index in [1.807, 2.05) is 0 Å². The lowest BCUT2D eigenvalue weighted by molar-refractivity contribution is 0.114. The van der Waals surface area contributed by atoms with Crippen molar-refractivity contribution < 1.29 is 9.90 Å². The minimum atomic E-state index is -1.04. The molecule has 0 unspecified atom stereocenters. The van der Waals surface area contributed by atoms with Crippen molar-refractivity contribution in [1.29, 1.82) is 0 Å². The highest BCUT2D eigenvalue weighted by molar-refractivity contribution is 5.64. The summed E-state index contributed by atoms with van der Waals surface area (Å²) in [5.74, 6) is 5.30. The Hall–Kier alpha value is -0.810. The Labute approximate surface area is 65.1 Å². The van der Waals surface area contributed by atoms with Gasteiger partial charge in [0.1, 0.15) is 0 Å². The van der Waals surface area contributed by atoms with E-state index in [-0.39, 0.29) is 6.04 Å². The molecule has 0 atom stereocenters. The molecule has 5 heteroatoms. The molecule has 1 aliphatic rings. The van der Waals surface area contributed by atoms with Gasteiger partial charge in [0.25, 0.3) is 0 Å². The van der Waals surface area contributed by atoms with E-state index in [0.717, 1.165) is 30.9 Å². The topological polar surface area (TPSA) is 78.6 Å². The molecule has 1 rings (SSSR count). The summed E-state index contributed by atoms with van der Waals surface area (Å²) in [5, 5.41) is 12.6. The van der Waals surface area contributed by atoms with E-state index in [0.29, 0.717) is 0 Å². The largest absolute Gasteiger partial charge is 0.464 e. The predicted octanol–water partition coefficient (Wildman–Crippen LogP) is -0.408. The normalized spacial score (nSPS) is 19.7. The van der Waals surface area contributed by atoms with E-state index in [1.54, 1.807) is 0 Å². The molecular weight excluding hydrogens is 146 g/mol. The number of hydrogen-bond donors (Lipinski definition) is 3. The monoisotopic (exact) mass is 159 g/mol. The molecule has 0 saturated carbocycles. The Kier molecular flexibility index (Phi) is 2.67. The molecule has 0 radical (unpaired) electrons. The molecule has 0 aromatic rings. The van der Waals surface area contributed by atoms with E-state index in [4.69, 9.17) is 10.9 Å². The van der Waals surface area contributed by atoms with E-state index >= 15 is 0 Å². The Bertz CT molecular complexity index is 145. The predicted molar refractivity (Wildman–Crippen MR) is 39.9 cm³/mol. The second-order valence-corrected chi connectivity index (χ2v) is 2.67. The number of carboxylic acid groups (broad SMARTS) is 1. The van der Waals surface area contributed by atoms with Crippen LogP contribution in [-0.2, 0) is 0 Å². The minimum Gasteiger partial charge on any atom is -0.464 e. The van der Waals surface area contributed by atoms with Crippen molar-refractivity contribution in [2.45, 2.75) is 18.9 Å². The summed E-state index contributed by atoms with van der Waals surface area (Å²) in [5.41, 5.74) is 0. The van der Waals surface area contributed by atoms with Crippen molar-refractivity contribution in [1.82, 2.24) is 10.3 Å².